The van der Waals surface area contributed by atoms with Crippen molar-refractivity contribution < 1.29 is 9.53 Å². The fourth-order valence-corrected chi connectivity index (χ4v) is 4.42. The Hall–Kier alpha value is -1.95. The Morgan fingerprint density at radius 3 is 2.77 bits per heavy atom. The van der Waals surface area contributed by atoms with Crippen molar-refractivity contribution in [1.29, 1.82) is 0 Å². The SMILES string of the molecule is Cc1nc2c(cnn2C(C)C)cc1C(=O)N1CCCC2(CCOCC2)C1. The number of amides is 1. The van der Waals surface area contributed by atoms with E-state index in [2.05, 4.69) is 18.9 Å². The zero-order chi connectivity index (χ0) is 18.3. The molecule has 2 aromatic rings. The molecule has 0 saturated carbocycles. The van der Waals surface area contributed by atoms with E-state index >= 15 is 0 Å². The van der Waals surface area contributed by atoms with Crippen molar-refractivity contribution >= 4 is 16.9 Å². The van der Waals surface area contributed by atoms with Gasteiger partial charge < -0.3 is 9.64 Å². The molecule has 1 amide bonds. The number of carbonyl (C=O) groups is 1. The summed E-state index contributed by atoms with van der Waals surface area (Å²) in [6.07, 6.45) is 6.22. The summed E-state index contributed by atoms with van der Waals surface area (Å²) in [5.74, 6) is 0.111. The van der Waals surface area contributed by atoms with Crippen LogP contribution in [0.1, 0.15) is 61.6 Å². The van der Waals surface area contributed by atoms with Gasteiger partial charge in [0.25, 0.3) is 5.91 Å². The molecule has 0 atom stereocenters. The monoisotopic (exact) mass is 356 g/mol. The number of hydrogen-bond acceptors (Lipinski definition) is 4. The van der Waals surface area contributed by atoms with Crippen LogP contribution in [0.25, 0.3) is 11.0 Å². The highest BCUT2D eigenvalue weighted by Crippen LogP contribution is 2.39. The van der Waals surface area contributed by atoms with Gasteiger partial charge in [0.2, 0.25) is 0 Å². The number of rotatable bonds is 2. The van der Waals surface area contributed by atoms with Gasteiger partial charge in [-0.2, -0.15) is 5.10 Å². The Labute approximate surface area is 154 Å². The smallest absolute Gasteiger partial charge is 0.255 e. The normalized spacial score (nSPS) is 20.2. The van der Waals surface area contributed by atoms with Crippen LogP contribution in [0, 0.1) is 12.3 Å². The summed E-state index contributed by atoms with van der Waals surface area (Å²) in [6.45, 7) is 9.43. The van der Waals surface area contributed by atoms with Crippen molar-refractivity contribution in [3.63, 3.8) is 0 Å². The molecule has 0 bridgehead atoms. The van der Waals surface area contributed by atoms with E-state index in [1.165, 1.54) is 6.42 Å². The minimum atomic E-state index is 0.111. The van der Waals surface area contributed by atoms with Gasteiger partial charge >= 0.3 is 0 Å². The summed E-state index contributed by atoms with van der Waals surface area (Å²) in [7, 11) is 0. The minimum Gasteiger partial charge on any atom is -0.381 e. The molecule has 6 heteroatoms. The van der Waals surface area contributed by atoms with Gasteiger partial charge in [-0.05, 0) is 57.9 Å². The third kappa shape index (κ3) is 3.00. The van der Waals surface area contributed by atoms with Gasteiger partial charge in [-0.1, -0.05) is 0 Å². The lowest BCUT2D eigenvalue weighted by Gasteiger charge is -2.45. The van der Waals surface area contributed by atoms with E-state index in [9.17, 15) is 4.79 Å². The van der Waals surface area contributed by atoms with E-state index in [0.29, 0.717) is 5.56 Å². The maximum Gasteiger partial charge on any atom is 0.255 e. The standard InChI is InChI=1S/C20H28N4O2/c1-14(2)24-18-16(12-21-24)11-17(15(3)22-18)19(25)23-8-4-5-20(13-23)6-9-26-10-7-20/h11-12,14H,4-10,13H2,1-3H3. The number of carbonyl (C=O) groups excluding carboxylic acids is 1. The van der Waals surface area contributed by atoms with Crippen LogP contribution < -0.4 is 0 Å². The molecule has 2 fully saturated rings. The summed E-state index contributed by atoms with van der Waals surface area (Å²) >= 11 is 0. The molecule has 1 spiro atoms. The second kappa shape index (κ2) is 6.65. The van der Waals surface area contributed by atoms with Crippen LogP contribution >= 0.6 is 0 Å². The summed E-state index contributed by atoms with van der Waals surface area (Å²) < 4.78 is 7.45. The molecule has 0 N–H and O–H groups in total. The molecule has 2 aliphatic rings. The molecular weight excluding hydrogens is 328 g/mol. The number of piperidine rings is 1. The number of nitrogens with zero attached hydrogens (tertiary/aromatic N) is 4. The molecular formula is C20H28N4O2. The molecule has 4 heterocycles. The molecule has 2 aromatic heterocycles. The predicted molar refractivity (Wildman–Crippen MR) is 100 cm³/mol. The first-order valence-electron chi connectivity index (χ1n) is 9.71. The highest BCUT2D eigenvalue weighted by Gasteiger charge is 2.38. The van der Waals surface area contributed by atoms with Crippen molar-refractivity contribution in [3.05, 3.63) is 23.5 Å². The van der Waals surface area contributed by atoms with E-state index in [4.69, 9.17) is 9.72 Å². The summed E-state index contributed by atoms with van der Waals surface area (Å²) in [5, 5.41) is 5.37. The number of aromatic nitrogens is 3. The molecule has 4 rings (SSSR count). The highest BCUT2D eigenvalue weighted by atomic mass is 16.5. The lowest BCUT2D eigenvalue weighted by atomic mass is 9.74. The van der Waals surface area contributed by atoms with Crippen LogP contribution in [-0.2, 0) is 4.74 Å². The second-order valence-corrected chi connectivity index (χ2v) is 8.16. The lowest BCUT2D eigenvalue weighted by Crippen LogP contribution is -2.48. The fraction of sp³-hybridized carbons (Fsp3) is 0.650. The second-order valence-electron chi connectivity index (χ2n) is 8.16. The maximum absolute atomic E-state index is 13.3. The molecule has 6 nitrogen and oxygen atoms in total. The highest BCUT2D eigenvalue weighted by molar-refractivity contribution is 5.98. The minimum absolute atomic E-state index is 0.111. The Morgan fingerprint density at radius 1 is 1.27 bits per heavy atom. The van der Waals surface area contributed by atoms with E-state index in [1.807, 2.05) is 28.8 Å². The Kier molecular flexibility index (Phi) is 4.47. The zero-order valence-corrected chi connectivity index (χ0v) is 16.0. The third-order valence-electron chi connectivity index (χ3n) is 5.98. The van der Waals surface area contributed by atoms with Crippen molar-refractivity contribution in [2.75, 3.05) is 26.3 Å². The van der Waals surface area contributed by atoms with Gasteiger partial charge in [-0.25, -0.2) is 9.67 Å². The number of hydrogen-bond donors (Lipinski definition) is 0. The van der Waals surface area contributed by atoms with Gasteiger partial charge in [0.05, 0.1) is 17.5 Å². The molecule has 0 aromatic carbocycles. The first-order valence-corrected chi connectivity index (χ1v) is 9.71. The quantitative estimate of drug-likeness (QED) is 0.828. The summed E-state index contributed by atoms with van der Waals surface area (Å²) in [4.78, 5) is 20.0. The summed E-state index contributed by atoms with van der Waals surface area (Å²) in [6, 6.07) is 2.22. The Bertz CT molecular complexity index is 815. The van der Waals surface area contributed by atoms with Gasteiger partial charge in [0, 0.05) is 37.7 Å². The van der Waals surface area contributed by atoms with E-state index in [1.54, 1.807) is 0 Å². The van der Waals surface area contributed by atoms with Gasteiger partial charge in [0.1, 0.15) is 0 Å². The molecule has 0 radical (unpaired) electrons. The van der Waals surface area contributed by atoms with Gasteiger partial charge in [-0.15, -0.1) is 0 Å². The van der Waals surface area contributed by atoms with Crippen LogP contribution in [0.2, 0.25) is 0 Å². The van der Waals surface area contributed by atoms with Crippen LogP contribution in [0.3, 0.4) is 0 Å². The van der Waals surface area contributed by atoms with E-state index < -0.39 is 0 Å². The molecule has 26 heavy (non-hydrogen) atoms. The third-order valence-corrected chi connectivity index (χ3v) is 5.98. The van der Waals surface area contributed by atoms with E-state index in [-0.39, 0.29) is 17.4 Å². The number of fused-ring (bicyclic) bond motifs is 1. The van der Waals surface area contributed by atoms with Crippen molar-refractivity contribution in [1.82, 2.24) is 19.7 Å². The van der Waals surface area contributed by atoms with Gasteiger partial charge in [-0.3, -0.25) is 4.79 Å². The first-order chi connectivity index (χ1) is 12.5. The molecule has 2 saturated heterocycles. The van der Waals surface area contributed by atoms with Crippen molar-refractivity contribution in [2.24, 2.45) is 5.41 Å². The van der Waals surface area contributed by atoms with Crippen LogP contribution in [0.4, 0.5) is 0 Å². The number of pyridine rings is 1. The number of aryl methyl sites for hydroxylation is 1. The topological polar surface area (TPSA) is 60.2 Å². The molecule has 0 aliphatic carbocycles. The van der Waals surface area contributed by atoms with Crippen molar-refractivity contribution in [3.8, 4) is 0 Å². The largest absolute Gasteiger partial charge is 0.381 e. The molecule has 140 valence electrons. The predicted octanol–water partition coefficient (Wildman–Crippen LogP) is 3.35. The van der Waals surface area contributed by atoms with Crippen LogP contribution in [0.5, 0.6) is 0 Å². The van der Waals surface area contributed by atoms with Gasteiger partial charge in [0.15, 0.2) is 5.65 Å². The summed E-state index contributed by atoms with van der Waals surface area (Å²) in [5.41, 5.74) is 2.61. The number of likely N-dealkylation sites (tertiary alicyclic amines) is 1. The maximum atomic E-state index is 13.3. The van der Waals surface area contributed by atoms with Crippen LogP contribution in [-0.4, -0.2) is 51.9 Å². The number of ether oxygens (including phenoxy) is 1. The average molecular weight is 356 g/mol. The van der Waals surface area contributed by atoms with Crippen molar-refractivity contribution in [2.45, 2.75) is 52.5 Å². The fourth-order valence-electron chi connectivity index (χ4n) is 4.42. The average Bonchev–Trinajstić information content (AvgIpc) is 3.04. The van der Waals surface area contributed by atoms with Crippen LogP contribution in [0.15, 0.2) is 12.3 Å². The van der Waals surface area contributed by atoms with E-state index in [0.717, 1.165) is 62.3 Å². The molecule has 0 unspecified atom stereocenters. The molecule has 2 aliphatic heterocycles. The first kappa shape index (κ1) is 17.5. The lowest BCUT2D eigenvalue weighted by molar-refractivity contribution is -0.0229. The Balaban J connectivity index is 1.62. The Morgan fingerprint density at radius 2 is 2.04 bits per heavy atom. The zero-order valence-electron chi connectivity index (χ0n) is 16.0.